The van der Waals surface area contributed by atoms with Crippen LogP contribution in [0, 0.1) is 12.7 Å². The summed E-state index contributed by atoms with van der Waals surface area (Å²) in [7, 11) is 0. The van der Waals surface area contributed by atoms with Crippen molar-refractivity contribution in [2.45, 2.75) is 6.92 Å². The van der Waals surface area contributed by atoms with Crippen LogP contribution < -0.4 is 10.1 Å². The Kier molecular flexibility index (Phi) is 4.98. The molecule has 2 heterocycles. The number of halogens is 1. The first-order valence-electron chi connectivity index (χ1n) is 8.74. The number of imidazole rings is 1. The van der Waals surface area contributed by atoms with Gasteiger partial charge in [0.25, 0.3) is 5.91 Å². The molecule has 2 aromatic heterocycles. The number of ether oxygens (including phenoxy) is 1. The summed E-state index contributed by atoms with van der Waals surface area (Å²) in [4.78, 5) is 24.5. The molecule has 0 bridgehead atoms. The van der Waals surface area contributed by atoms with Crippen molar-refractivity contribution < 1.29 is 13.9 Å². The zero-order chi connectivity index (χ0) is 20.2. The predicted molar refractivity (Wildman–Crippen MR) is 105 cm³/mol. The van der Waals surface area contributed by atoms with E-state index in [0.717, 1.165) is 0 Å². The van der Waals surface area contributed by atoms with E-state index in [2.05, 4.69) is 20.3 Å². The second-order valence-electron chi connectivity index (χ2n) is 6.23. The van der Waals surface area contributed by atoms with Gasteiger partial charge >= 0.3 is 0 Å². The fourth-order valence-electron chi connectivity index (χ4n) is 2.59. The van der Waals surface area contributed by atoms with Gasteiger partial charge in [0.2, 0.25) is 5.88 Å². The number of amides is 1. The zero-order valence-corrected chi connectivity index (χ0v) is 15.4. The van der Waals surface area contributed by atoms with Crippen molar-refractivity contribution in [3.05, 3.63) is 90.5 Å². The van der Waals surface area contributed by atoms with Crippen LogP contribution in [0.15, 0.2) is 73.6 Å². The molecule has 0 saturated heterocycles. The van der Waals surface area contributed by atoms with E-state index in [4.69, 9.17) is 4.74 Å². The standard InChI is InChI=1S/C21H16FN5O2/c1-14-2-3-15(10-18(14)22)21(28)26-16-4-6-17(7-5-16)29-20-11-19(24-12-25-20)27-9-8-23-13-27/h2-13H,1H3,(H,26,28). The fourth-order valence-corrected chi connectivity index (χ4v) is 2.59. The van der Waals surface area contributed by atoms with Gasteiger partial charge in [-0.15, -0.1) is 0 Å². The predicted octanol–water partition coefficient (Wildman–Crippen LogP) is 4.15. The van der Waals surface area contributed by atoms with Crippen LogP contribution in [0.2, 0.25) is 0 Å². The first-order chi connectivity index (χ1) is 14.1. The normalized spacial score (nSPS) is 10.6. The number of hydrogen-bond acceptors (Lipinski definition) is 5. The number of aromatic nitrogens is 4. The third-order valence-electron chi connectivity index (χ3n) is 4.17. The number of rotatable bonds is 5. The minimum absolute atomic E-state index is 0.251. The Morgan fingerprint density at radius 3 is 2.66 bits per heavy atom. The number of hydrogen-bond donors (Lipinski definition) is 1. The van der Waals surface area contributed by atoms with Gasteiger partial charge in [-0.25, -0.2) is 19.3 Å². The van der Waals surface area contributed by atoms with Crippen LogP contribution in [0.1, 0.15) is 15.9 Å². The molecule has 0 saturated carbocycles. The summed E-state index contributed by atoms with van der Waals surface area (Å²) in [5.41, 5.74) is 1.30. The first-order valence-corrected chi connectivity index (χ1v) is 8.74. The lowest BCUT2D eigenvalue weighted by molar-refractivity contribution is 0.102. The number of aryl methyl sites for hydroxylation is 1. The van der Waals surface area contributed by atoms with Crippen LogP contribution in [0.4, 0.5) is 10.1 Å². The molecule has 29 heavy (non-hydrogen) atoms. The average molecular weight is 389 g/mol. The van der Waals surface area contributed by atoms with Gasteiger partial charge in [-0.2, -0.15) is 0 Å². The Hall–Kier alpha value is -4.07. The summed E-state index contributed by atoms with van der Waals surface area (Å²) in [6, 6.07) is 12.8. The third kappa shape index (κ3) is 4.27. The van der Waals surface area contributed by atoms with Crippen molar-refractivity contribution in [3.63, 3.8) is 0 Å². The van der Waals surface area contributed by atoms with E-state index < -0.39 is 11.7 Å². The van der Waals surface area contributed by atoms with Crippen molar-refractivity contribution >= 4 is 11.6 Å². The van der Waals surface area contributed by atoms with Gasteiger partial charge in [0.15, 0.2) is 0 Å². The van der Waals surface area contributed by atoms with Gasteiger partial charge in [-0.3, -0.25) is 9.36 Å². The maximum Gasteiger partial charge on any atom is 0.255 e. The Morgan fingerprint density at radius 2 is 1.93 bits per heavy atom. The Morgan fingerprint density at radius 1 is 1.10 bits per heavy atom. The van der Waals surface area contributed by atoms with Crippen LogP contribution in [-0.2, 0) is 0 Å². The second-order valence-corrected chi connectivity index (χ2v) is 6.23. The lowest BCUT2D eigenvalue weighted by Crippen LogP contribution is -2.12. The van der Waals surface area contributed by atoms with E-state index >= 15 is 0 Å². The summed E-state index contributed by atoms with van der Waals surface area (Å²) in [6.45, 7) is 1.64. The molecule has 1 amide bonds. The maximum atomic E-state index is 13.6. The molecule has 8 heteroatoms. The molecule has 4 rings (SSSR count). The number of benzene rings is 2. The highest BCUT2D eigenvalue weighted by Crippen LogP contribution is 2.23. The van der Waals surface area contributed by atoms with Crippen molar-refractivity contribution in [2.75, 3.05) is 5.32 Å². The minimum atomic E-state index is -0.415. The summed E-state index contributed by atoms with van der Waals surface area (Å²) in [6.07, 6.45) is 6.45. The number of carbonyl (C=O) groups excluding carboxylic acids is 1. The lowest BCUT2D eigenvalue weighted by atomic mass is 10.1. The minimum Gasteiger partial charge on any atom is -0.439 e. The molecule has 0 aliphatic heterocycles. The van der Waals surface area contributed by atoms with Gasteiger partial charge in [0.05, 0.1) is 0 Å². The van der Waals surface area contributed by atoms with E-state index in [-0.39, 0.29) is 5.56 Å². The van der Waals surface area contributed by atoms with Crippen molar-refractivity contribution in [3.8, 4) is 17.4 Å². The quantitative estimate of drug-likeness (QED) is 0.554. The SMILES string of the molecule is Cc1ccc(C(=O)Nc2ccc(Oc3cc(-n4ccnc4)ncn3)cc2)cc1F. The van der Waals surface area contributed by atoms with Crippen LogP contribution in [0.25, 0.3) is 5.82 Å². The molecule has 1 N–H and O–H groups in total. The van der Waals surface area contributed by atoms with Crippen LogP contribution in [0.3, 0.4) is 0 Å². The smallest absolute Gasteiger partial charge is 0.255 e. The fraction of sp³-hybridized carbons (Fsp3) is 0.0476. The molecular weight excluding hydrogens is 373 g/mol. The number of anilines is 1. The van der Waals surface area contributed by atoms with E-state index in [0.29, 0.717) is 28.7 Å². The van der Waals surface area contributed by atoms with Crippen molar-refractivity contribution in [1.29, 1.82) is 0 Å². The molecule has 0 aliphatic rings. The molecule has 0 aliphatic carbocycles. The summed E-state index contributed by atoms with van der Waals surface area (Å²) < 4.78 is 21.1. The van der Waals surface area contributed by atoms with Gasteiger partial charge in [0.1, 0.15) is 30.0 Å². The van der Waals surface area contributed by atoms with Gasteiger partial charge < -0.3 is 10.1 Å². The highest BCUT2D eigenvalue weighted by molar-refractivity contribution is 6.04. The summed E-state index contributed by atoms with van der Waals surface area (Å²) >= 11 is 0. The largest absolute Gasteiger partial charge is 0.439 e. The molecule has 144 valence electrons. The highest BCUT2D eigenvalue weighted by atomic mass is 19.1. The first kappa shape index (κ1) is 18.3. The Balaban J connectivity index is 1.43. The Labute approximate surface area is 165 Å². The molecule has 0 atom stereocenters. The topological polar surface area (TPSA) is 81.9 Å². The van der Waals surface area contributed by atoms with Crippen LogP contribution in [0.5, 0.6) is 11.6 Å². The van der Waals surface area contributed by atoms with Gasteiger partial charge in [0, 0.05) is 29.7 Å². The molecule has 7 nitrogen and oxygen atoms in total. The molecule has 2 aromatic carbocycles. The van der Waals surface area contributed by atoms with Crippen LogP contribution in [-0.4, -0.2) is 25.4 Å². The number of carbonyl (C=O) groups is 1. The second kappa shape index (κ2) is 7.89. The molecular formula is C21H16FN5O2. The molecule has 0 fully saturated rings. The van der Waals surface area contributed by atoms with E-state index in [1.807, 2.05) is 0 Å². The number of nitrogens with one attached hydrogen (secondary N) is 1. The van der Waals surface area contributed by atoms with E-state index in [9.17, 15) is 9.18 Å². The van der Waals surface area contributed by atoms with E-state index in [1.54, 1.807) is 72.7 Å². The number of nitrogens with zero attached hydrogens (tertiary/aromatic N) is 4. The Bertz CT molecular complexity index is 1140. The average Bonchev–Trinajstić information content (AvgIpc) is 3.27. The molecule has 0 unspecified atom stereocenters. The van der Waals surface area contributed by atoms with Crippen molar-refractivity contribution in [1.82, 2.24) is 19.5 Å². The maximum absolute atomic E-state index is 13.6. The third-order valence-corrected chi connectivity index (χ3v) is 4.17. The van der Waals surface area contributed by atoms with Crippen LogP contribution >= 0.6 is 0 Å². The highest BCUT2D eigenvalue weighted by Gasteiger charge is 2.09. The molecule has 4 aromatic rings. The monoisotopic (exact) mass is 389 g/mol. The molecule has 0 radical (unpaired) electrons. The van der Waals surface area contributed by atoms with E-state index in [1.165, 1.54) is 12.4 Å². The summed E-state index contributed by atoms with van der Waals surface area (Å²) in [5, 5.41) is 2.73. The van der Waals surface area contributed by atoms with Crippen molar-refractivity contribution in [2.24, 2.45) is 0 Å². The van der Waals surface area contributed by atoms with Gasteiger partial charge in [-0.1, -0.05) is 6.07 Å². The molecule has 0 spiro atoms. The van der Waals surface area contributed by atoms with Gasteiger partial charge in [-0.05, 0) is 48.9 Å². The lowest BCUT2D eigenvalue weighted by Gasteiger charge is -2.09. The zero-order valence-electron chi connectivity index (χ0n) is 15.4. The summed E-state index contributed by atoms with van der Waals surface area (Å²) in [5.74, 6) is 0.733.